The summed E-state index contributed by atoms with van der Waals surface area (Å²) >= 11 is 7.46. The number of thiazole rings is 1. The molecule has 1 heterocycles. The molecule has 0 aliphatic carbocycles. The average Bonchev–Trinajstić information content (AvgIpc) is 2.96. The van der Waals surface area contributed by atoms with E-state index < -0.39 is 0 Å². The van der Waals surface area contributed by atoms with Gasteiger partial charge in [0, 0.05) is 16.8 Å². The summed E-state index contributed by atoms with van der Waals surface area (Å²) in [6.07, 6.45) is 1.66. The van der Waals surface area contributed by atoms with Crippen LogP contribution in [0.25, 0.3) is 21.0 Å². The monoisotopic (exact) mass is 338 g/mol. The number of fused-ring (bicyclic) bond motifs is 2. The van der Waals surface area contributed by atoms with Crippen LogP contribution in [0.5, 0.6) is 5.75 Å². The highest BCUT2D eigenvalue weighted by molar-refractivity contribution is 7.22. The van der Waals surface area contributed by atoms with Gasteiger partial charge in [-0.05, 0) is 35.0 Å². The molecule has 0 unspecified atom stereocenters. The van der Waals surface area contributed by atoms with Gasteiger partial charge in [-0.25, -0.2) is 9.98 Å². The van der Waals surface area contributed by atoms with E-state index in [1.807, 2.05) is 48.5 Å². The van der Waals surface area contributed by atoms with E-state index in [9.17, 15) is 5.11 Å². The molecular weight excluding hydrogens is 328 g/mol. The molecule has 3 nitrogen and oxygen atoms in total. The Morgan fingerprint density at radius 3 is 2.87 bits per heavy atom. The van der Waals surface area contributed by atoms with Gasteiger partial charge in [-0.1, -0.05) is 53.3 Å². The van der Waals surface area contributed by atoms with Gasteiger partial charge in [0.25, 0.3) is 0 Å². The van der Waals surface area contributed by atoms with Gasteiger partial charge in [0.1, 0.15) is 5.75 Å². The maximum absolute atomic E-state index is 10.1. The van der Waals surface area contributed by atoms with Gasteiger partial charge in [-0.3, -0.25) is 0 Å². The molecule has 0 spiro atoms. The zero-order valence-electron chi connectivity index (χ0n) is 11.9. The third-order valence-corrected chi connectivity index (χ3v) is 4.75. The first kappa shape index (κ1) is 14.2. The number of phenolic OH excluding ortho intramolecular Hbond substituents is 1. The van der Waals surface area contributed by atoms with Crippen LogP contribution in [0.1, 0.15) is 5.56 Å². The smallest absolute Gasteiger partial charge is 0.210 e. The minimum absolute atomic E-state index is 0.205. The topological polar surface area (TPSA) is 45.5 Å². The summed E-state index contributed by atoms with van der Waals surface area (Å²) in [5.41, 5.74) is 1.56. The van der Waals surface area contributed by atoms with Crippen LogP contribution in [0, 0.1) is 0 Å². The van der Waals surface area contributed by atoms with Crippen molar-refractivity contribution in [1.29, 1.82) is 0 Å². The molecule has 0 saturated carbocycles. The van der Waals surface area contributed by atoms with Crippen molar-refractivity contribution in [3.8, 4) is 5.75 Å². The van der Waals surface area contributed by atoms with Crippen molar-refractivity contribution in [2.24, 2.45) is 4.99 Å². The SMILES string of the molecule is Oc1ccc2ccccc2c1/C=N/c1nc2ccc(Cl)cc2s1. The van der Waals surface area contributed by atoms with Crippen molar-refractivity contribution in [3.05, 3.63) is 65.2 Å². The Morgan fingerprint density at radius 2 is 1.96 bits per heavy atom. The maximum Gasteiger partial charge on any atom is 0.210 e. The van der Waals surface area contributed by atoms with Crippen molar-refractivity contribution in [2.75, 3.05) is 0 Å². The molecule has 1 N–H and O–H groups in total. The number of rotatable bonds is 2. The van der Waals surface area contributed by atoms with Crippen molar-refractivity contribution >= 4 is 55.3 Å². The van der Waals surface area contributed by atoms with Crippen LogP contribution in [0.15, 0.2) is 59.6 Å². The molecule has 0 atom stereocenters. The first-order chi connectivity index (χ1) is 11.2. The predicted molar refractivity (Wildman–Crippen MR) is 97.5 cm³/mol. The normalized spacial score (nSPS) is 11.7. The third kappa shape index (κ3) is 2.67. The molecular formula is C18H11ClN2OS. The van der Waals surface area contributed by atoms with Crippen LogP contribution in [0.4, 0.5) is 5.13 Å². The first-order valence-electron chi connectivity index (χ1n) is 7.01. The molecule has 1 aromatic heterocycles. The Morgan fingerprint density at radius 1 is 1.09 bits per heavy atom. The minimum Gasteiger partial charge on any atom is -0.507 e. The van der Waals surface area contributed by atoms with Gasteiger partial charge in [-0.15, -0.1) is 0 Å². The summed E-state index contributed by atoms with van der Waals surface area (Å²) in [5.74, 6) is 0.205. The Labute approximate surface area is 141 Å². The Balaban J connectivity index is 1.79. The lowest BCUT2D eigenvalue weighted by atomic mass is 10.0. The lowest BCUT2D eigenvalue weighted by Crippen LogP contribution is -1.85. The van der Waals surface area contributed by atoms with Crippen molar-refractivity contribution in [3.63, 3.8) is 0 Å². The van der Waals surface area contributed by atoms with E-state index in [2.05, 4.69) is 9.98 Å². The van der Waals surface area contributed by atoms with Crippen LogP contribution in [0.2, 0.25) is 5.02 Å². The fourth-order valence-electron chi connectivity index (χ4n) is 2.48. The second kappa shape index (κ2) is 5.65. The summed E-state index contributed by atoms with van der Waals surface area (Å²) in [4.78, 5) is 8.89. The van der Waals surface area contributed by atoms with Gasteiger partial charge >= 0.3 is 0 Å². The molecule has 4 aromatic rings. The van der Waals surface area contributed by atoms with Gasteiger partial charge in [0.2, 0.25) is 5.13 Å². The summed E-state index contributed by atoms with van der Waals surface area (Å²) in [5, 5.41) is 13.5. The van der Waals surface area contributed by atoms with Crippen molar-refractivity contribution in [2.45, 2.75) is 0 Å². The molecule has 0 bridgehead atoms. The minimum atomic E-state index is 0.205. The molecule has 0 aliphatic heterocycles. The number of halogens is 1. The molecule has 23 heavy (non-hydrogen) atoms. The summed E-state index contributed by atoms with van der Waals surface area (Å²) in [6, 6.07) is 17.0. The van der Waals surface area contributed by atoms with E-state index in [-0.39, 0.29) is 5.75 Å². The lowest BCUT2D eigenvalue weighted by Gasteiger charge is -2.03. The number of hydrogen-bond acceptors (Lipinski definition) is 4. The lowest BCUT2D eigenvalue weighted by molar-refractivity contribution is 0.475. The van der Waals surface area contributed by atoms with Crippen LogP contribution >= 0.6 is 22.9 Å². The summed E-state index contributed by atoms with van der Waals surface area (Å²) in [6.45, 7) is 0. The van der Waals surface area contributed by atoms with Crippen molar-refractivity contribution < 1.29 is 5.11 Å². The Hall–Kier alpha value is -2.43. The average molecular weight is 339 g/mol. The predicted octanol–water partition coefficient (Wildman–Crippen LogP) is 5.56. The third-order valence-electron chi connectivity index (χ3n) is 3.59. The quantitative estimate of drug-likeness (QED) is 0.486. The van der Waals surface area contributed by atoms with E-state index in [0.717, 1.165) is 21.0 Å². The molecule has 4 rings (SSSR count). The molecule has 0 saturated heterocycles. The molecule has 3 aromatic carbocycles. The standard InChI is InChI=1S/C18H11ClN2OS/c19-12-6-7-15-17(9-12)23-18(21-15)20-10-14-13-4-2-1-3-11(13)5-8-16(14)22/h1-10,22H/b20-10+. The van der Waals surface area contributed by atoms with E-state index >= 15 is 0 Å². The number of aliphatic imine (C=N–C) groups is 1. The van der Waals surface area contributed by atoms with Crippen molar-refractivity contribution in [1.82, 2.24) is 4.98 Å². The molecule has 0 radical (unpaired) electrons. The molecule has 0 fully saturated rings. The van der Waals surface area contributed by atoms with E-state index in [1.54, 1.807) is 12.3 Å². The number of aromatic hydroxyl groups is 1. The zero-order chi connectivity index (χ0) is 15.8. The van der Waals surface area contributed by atoms with E-state index in [1.165, 1.54) is 11.3 Å². The Bertz CT molecular complexity index is 1060. The van der Waals surface area contributed by atoms with Crippen LogP contribution in [-0.2, 0) is 0 Å². The van der Waals surface area contributed by atoms with Gasteiger partial charge in [-0.2, -0.15) is 0 Å². The fourth-order valence-corrected chi connectivity index (χ4v) is 3.57. The van der Waals surface area contributed by atoms with Gasteiger partial charge < -0.3 is 5.11 Å². The van der Waals surface area contributed by atoms with Crippen LogP contribution in [0.3, 0.4) is 0 Å². The zero-order valence-corrected chi connectivity index (χ0v) is 13.5. The largest absolute Gasteiger partial charge is 0.507 e. The number of hydrogen-bond donors (Lipinski definition) is 1. The van der Waals surface area contributed by atoms with Crippen LogP contribution in [-0.4, -0.2) is 16.3 Å². The fraction of sp³-hybridized carbons (Fsp3) is 0. The number of nitrogens with zero attached hydrogens (tertiary/aromatic N) is 2. The molecule has 5 heteroatoms. The Kier molecular flexibility index (Phi) is 3.48. The van der Waals surface area contributed by atoms with E-state index in [0.29, 0.717) is 15.7 Å². The van der Waals surface area contributed by atoms with E-state index in [4.69, 9.17) is 11.6 Å². The second-order valence-electron chi connectivity index (χ2n) is 5.09. The maximum atomic E-state index is 10.1. The molecule has 0 aliphatic rings. The molecule has 0 amide bonds. The summed E-state index contributed by atoms with van der Waals surface area (Å²) < 4.78 is 0.992. The number of aromatic nitrogens is 1. The number of phenols is 1. The highest BCUT2D eigenvalue weighted by Crippen LogP contribution is 2.31. The van der Waals surface area contributed by atoms with Crippen LogP contribution < -0.4 is 0 Å². The molecule has 112 valence electrons. The highest BCUT2D eigenvalue weighted by Gasteiger charge is 2.06. The van der Waals surface area contributed by atoms with Gasteiger partial charge in [0.15, 0.2) is 0 Å². The number of benzene rings is 3. The first-order valence-corrected chi connectivity index (χ1v) is 8.21. The highest BCUT2D eigenvalue weighted by atomic mass is 35.5. The second-order valence-corrected chi connectivity index (χ2v) is 6.53. The van der Waals surface area contributed by atoms with Gasteiger partial charge in [0.05, 0.1) is 10.2 Å². The summed E-state index contributed by atoms with van der Waals surface area (Å²) in [7, 11) is 0.